The van der Waals surface area contributed by atoms with E-state index in [1.165, 1.54) is 11.8 Å². The normalized spacial score (nSPS) is 15.7. The highest BCUT2D eigenvalue weighted by molar-refractivity contribution is 7.99. The van der Waals surface area contributed by atoms with Gasteiger partial charge in [-0.25, -0.2) is 0 Å². The van der Waals surface area contributed by atoms with Crippen LogP contribution >= 0.6 is 11.8 Å². The Bertz CT molecular complexity index is 804. The van der Waals surface area contributed by atoms with Gasteiger partial charge in [-0.15, -0.1) is 0 Å². The number of carbonyl (C=O) groups is 3. The van der Waals surface area contributed by atoms with Crippen molar-refractivity contribution in [2.75, 3.05) is 12.4 Å². The third-order valence-electron chi connectivity index (χ3n) is 3.60. The van der Waals surface area contributed by atoms with Gasteiger partial charge in [-0.05, 0) is 35.9 Å². The third kappa shape index (κ3) is 2.98. The first-order chi connectivity index (χ1) is 11.1. The van der Waals surface area contributed by atoms with Gasteiger partial charge in [0.2, 0.25) is 5.91 Å². The zero-order chi connectivity index (χ0) is 16.4. The van der Waals surface area contributed by atoms with Gasteiger partial charge >= 0.3 is 0 Å². The molecule has 1 aliphatic heterocycles. The Labute approximate surface area is 137 Å². The molecule has 0 bridgehead atoms. The molecule has 2 aromatic carbocycles. The van der Waals surface area contributed by atoms with Crippen LogP contribution in [0.4, 0.5) is 5.69 Å². The van der Waals surface area contributed by atoms with E-state index < -0.39 is 5.92 Å². The monoisotopic (exact) mass is 326 g/mol. The maximum absolute atomic E-state index is 11.7. The van der Waals surface area contributed by atoms with E-state index in [1.54, 1.807) is 19.2 Å². The summed E-state index contributed by atoms with van der Waals surface area (Å²) in [6.45, 7) is 0. The number of anilines is 1. The van der Waals surface area contributed by atoms with Crippen molar-refractivity contribution >= 4 is 35.5 Å². The van der Waals surface area contributed by atoms with Crippen LogP contribution in [0.3, 0.4) is 0 Å². The summed E-state index contributed by atoms with van der Waals surface area (Å²) in [6.07, 6.45) is 0.654. The minimum atomic E-state index is -0.722. The average molecular weight is 326 g/mol. The molecular weight excluding hydrogens is 312 g/mol. The SMILES string of the molecule is CNC(=O)c1cccc(Sc2ccc3c(c2)NC(=O)C3C=O)c1. The van der Waals surface area contributed by atoms with Crippen molar-refractivity contribution in [1.82, 2.24) is 5.32 Å². The lowest BCUT2D eigenvalue weighted by molar-refractivity contribution is -0.121. The predicted octanol–water partition coefficient (Wildman–Crippen LogP) is 2.43. The van der Waals surface area contributed by atoms with E-state index in [0.717, 1.165) is 9.79 Å². The summed E-state index contributed by atoms with van der Waals surface area (Å²) in [6, 6.07) is 12.8. The first-order valence-corrected chi connectivity index (χ1v) is 7.84. The molecule has 0 radical (unpaired) electrons. The van der Waals surface area contributed by atoms with Gasteiger partial charge < -0.3 is 15.4 Å². The number of fused-ring (bicyclic) bond motifs is 1. The molecule has 0 saturated heterocycles. The summed E-state index contributed by atoms with van der Waals surface area (Å²) in [5, 5.41) is 5.31. The summed E-state index contributed by atoms with van der Waals surface area (Å²) in [7, 11) is 1.59. The van der Waals surface area contributed by atoms with Crippen LogP contribution in [0, 0.1) is 0 Å². The first-order valence-electron chi connectivity index (χ1n) is 7.02. The topological polar surface area (TPSA) is 75.3 Å². The fourth-order valence-electron chi connectivity index (χ4n) is 2.45. The van der Waals surface area contributed by atoms with Gasteiger partial charge in [-0.2, -0.15) is 0 Å². The van der Waals surface area contributed by atoms with Crippen molar-refractivity contribution in [3.05, 3.63) is 53.6 Å². The van der Waals surface area contributed by atoms with Crippen molar-refractivity contribution in [2.24, 2.45) is 0 Å². The standard InChI is InChI=1S/C17H14N2O3S/c1-18-16(21)10-3-2-4-11(7-10)23-12-5-6-13-14(9-20)17(22)19-15(13)8-12/h2-9,14H,1H3,(H,18,21)(H,19,22). The van der Waals surface area contributed by atoms with Crippen LogP contribution < -0.4 is 10.6 Å². The van der Waals surface area contributed by atoms with Crippen molar-refractivity contribution < 1.29 is 14.4 Å². The second-order valence-corrected chi connectivity index (χ2v) is 6.21. The lowest BCUT2D eigenvalue weighted by Gasteiger charge is -2.06. The number of hydrogen-bond donors (Lipinski definition) is 2. The lowest BCUT2D eigenvalue weighted by atomic mass is 10.0. The first kappa shape index (κ1) is 15.3. The molecule has 116 valence electrons. The Morgan fingerprint density at radius 2 is 2.00 bits per heavy atom. The van der Waals surface area contributed by atoms with Gasteiger partial charge in [0.05, 0.1) is 0 Å². The molecule has 6 heteroatoms. The van der Waals surface area contributed by atoms with Crippen molar-refractivity contribution in [3.63, 3.8) is 0 Å². The molecule has 2 N–H and O–H groups in total. The molecule has 1 heterocycles. The number of amides is 2. The minimum absolute atomic E-state index is 0.137. The van der Waals surface area contributed by atoms with E-state index >= 15 is 0 Å². The number of aldehydes is 1. The maximum atomic E-state index is 11.7. The summed E-state index contributed by atoms with van der Waals surface area (Å²) in [4.78, 5) is 36.2. The molecule has 0 fully saturated rings. The van der Waals surface area contributed by atoms with Gasteiger partial charge in [0.15, 0.2) is 0 Å². The van der Waals surface area contributed by atoms with Crippen molar-refractivity contribution in [1.29, 1.82) is 0 Å². The zero-order valence-electron chi connectivity index (χ0n) is 12.3. The number of nitrogens with one attached hydrogen (secondary N) is 2. The molecule has 2 amide bonds. The third-order valence-corrected chi connectivity index (χ3v) is 4.57. The number of rotatable bonds is 4. The molecule has 0 spiro atoms. The Kier molecular flexibility index (Phi) is 4.16. The van der Waals surface area contributed by atoms with E-state index in [-0.39, 0.29) is 11.8 Å². The molecule has 0 aliphatic carbocycles. The maximum Gasteiger partial charge on any atom is 0.251 e. The molecule has 1 atom stereocenters. The molecule has 2 aromatic rings. The summed E-state index contributed by atoms with van der Waals surface area (Å²) < 4.78 is 0. The van der Waals surface area contributed by atoms with E-state index in [2.05, 4.69) is 10.6 Å². The Morgan fingerprint density at radius 3 is 2.74 bits per heavy atom. The Balaban J connectivity index is 1.85. The van der Waals surface area contributed by atoms with E-state index in [4.69, 9.17) is 0 Å². The molecular formula is C17H14N2O3S. The van der Waals surface area contributed by atoms with Crippen LogP contribution in [0.15, 0.2) is 52.3 Å². The van der Waals surface area contributed by atoms with Crippen LogP contribution in [-0.4, -0.2) is 25.1 Å². The van der Waals surface area contributed by atoms with Gasteiger partial charge in [0.1, 0.15) is 12.2 Å². The zero-order valence-corrected chi connectivity index (χ0v) is 13.1. The smallest absolute Gasteiger partial charge is 0.251 e. The molecule has 1 unspecified atom stereocenters. The lowest BCUT2D eigenvalue weighted by Crippen LogP contribution is -2.17. The second-order valence-electron chi connectivity index (χ2n) is 5.06. The summed E-state index contributed by atoms with van der Waals surface area (Å²) in [5.74, 6) is -1.15. The number of benzene rings is 2. The van der Waals surface area contributed by atoms with Crippen molar-refractivity contribution in [3.8, 4) is 0 Å². The fourth-order valence-corrected chi connectivity index (χ4v) is 3.36. The minimum Gasteiger partial charge on any atom is -0.355 e. The molecule has 0 saturated carbocycles. The van der Waals surface area contributed by atoms with Crippen LogP contribution in [0.5, 0.6) is 0 Å². The Morgan fingerprint density at radius 1 is 1.22 bits per heavy atom. The highest BCUT2D eigenvalue weighted by Crippen LogP contribution is 2.36. The number of hydrogen-bond acceptors (Lipinski definition) is 4. The predicted molar refractivity (Wildman–Crippen MR) is 87.8 cm³/mol. The van der Waals surface area contributed by atoms with Crippen LogP contribution in [-0.2, 0) is 9.59 Å². The van der Waals surface area contributed by atoms with E-state index in [0.29, 0.717) is 23.1 Å². The van der Waals surface area contributed by atoms with E-state index in [1.807, 2.05) is 30.3 Å². The van der Waals surface area contributed by atoms with Crippen LogP contribution in [0.1, 0.15) is 21.8 Å². The fraction of sp³-hybridized carbons (Fsp3) is 0.118. The van der Waals surface area contributed by atoms with Crippen LogP contribution in [0.2, 0.25) is 0 Å². The van der Waals surface area contributed by atoms with Gasteiger partial charge in [0, 0.05) is 28.1 Å². The molecule has 3 rings (SSSR count). The van der Waals surface area contributed by atoms with E-state index in [9.17, 15) is 14.4 Å². The van der Waals surface area contributed by atoms with Gasteiger partial charge in [0.25, 0.3) is 5.91 Å². The van der Waals surface area contributed by atoms with Crippen LogP contribution in [0.25, 0.3) is 0 Å². The summed E-state index contributed by atoms with van der Waals surface area (Å²) >= 11 is 1.49. The molecule has 23 heavy (non-hydrogen) atoms. The molecule has 1 aliphatic rings. The van der Waals surface area contributed by atoms with Crippen molar-refractivity contribution in [2.45, 2.75) is 15.7 Å². The Hall–Kier alpha value is -2.60. The quantitative estimate of drug-likeness (QED) is 0.668. The molecule has 5 nitrogen and oxygen atoms in total. The van der Waals surface area contributed by atoms with Gasteiger partial charge in [-0.3, -0.25) is 9.59 Å². The number of carbonyl (C=O) groups excluding carboxylic acids is 3. The highest BCUT2D eigenvalue weighted by atomic mass is 32.2. The molecule has 0 aromatic heterocycles. The largest absolute Gasteiger partial charge is 0.355 e. The summed E-state index contributed by atoms with van der Waals surface area (Å²) in [5.41, 5.74) is 1.96. The second kappa shape index (κ2) is 6.26. The highest BCUT2D eigenvalue weighted by Gasteiger charge is 2.30. The van der Waals surface area contributed by atoms with Gasteiger partial charge in [-0.1, -0.05) is 23.9 Å². The average Bonchev–Trinajstić information content (AvgIpc) is 2.88.